The molecule has 1 amide bonds. The molecule has 1 rings (SSSR count). The molecule has 1 N–H and O–H groups in total. The molecular formula is C14H17ClF2N2O2. The van der Waals surface area contributed by atoms with Crippen LogP contribution in [0.3, 0.4) is 0 Å². The van der Waals surface area contributed by atoms with Crippen molar-refractivity contribution in [1.82, 2.24) is 10.2 Å². The van der Waals surface area contributed by atoms with Crippen LogP contribution in [0.5, 0.6) is 5.75 Å². The van der Waals surface area contributed by atoms with Gasteiger partial charge in [-0.1, -0.05) is 17.7 Å². The van der Waals surface area contributed by atoms with Gasteiger partial charge < -0.3 is 15.0 Å². The van der Waals surface area contributed by atoms with Crippen LogP contribution in [0, 0.1) is 0 Å². The fourth-order valence-electron chi connectivity index (χ4n) is 1.51. The summed E-state index contributed by atoms with van der Waals surface area (Å²) in [6.07, 6.45) is 3.09. The van der Waals surface area contributed by atoms with Gasteiger partial charge >= 0.3 is 6.61 Å². The summed E-state index contributed by atoms with van der Waals surface area (Å²) in [5.74, 6) is -0.327. The summed E-state index contributed by atoms with van der Waals surface area (Å²) < 4.78 is 28.9. The standard InChI is InChI=1S/C14H17ClF2N2O2/c1-19(2)7-3-4-13(20)18-9-10-8-11(15)5-6-12(10)21-14(16)17/h3-6,8,14H,7,9H2,1-2H3,(H,18,20)/b4-3+. The molecule has 1 aromatic carbocycles. The number of ether oxygens (including phenoxy) is 1. The summed E-state index contributed by atoms with van der Waals surface area (Å²) in [5, 5.41) is 2.96. The van der Waals surface area contributed by atoms with E-state index in [4.69, 9.17) is 11.6 Å². The van der Waals surface area contributed by atoms with Gasteiger partial charge in [-0.25, -0.2) is 0 Å². The third-order valence-corrected chi connectivity index (χ3v) is 2.67. The number of amides is 1. The lowest BCUT2D eigenvalue weighted by Gasteiger charge is -2.11. The van der Waals surface area contributed by atoms with Crippen molar-refractivity contribution < 1.29 is 18.3 Å². The van der Waals surface area contributed by atoms with Crippen LogP contribution < -0.4 is 10.1 Å². The van der Waals surface area contributed by atoms with Crippen molar-refractivity contribution in [2.75, 3.05) is 20.6 Å². The molecule has 0 bridgehead atoms. The van der Waals surface area contributed by atoms with E-state index in [1.807, 2.05) is 19.0 Å². The van der Waals surface area contributed by atoms with Gasteiger partial charge in [-0.2, -0.15) is 8.78 Å². The van der Waals surface area contributed by atoms with Gasteiger partial charge in [-0.3, -0.25) is 4.79 Å². The van der Waals surface area contributed by atoms with Gasteiger partial charge in [0.25, 0.3) is 0 Å². The molecule has 0 aromatic heterocycles. The zero-order chi connectivity index (χ0) is 15.8. The Balaban J connectivity index is 2.63. The molecule has 0 saturated carbocycles. The molecule has 1 aromatic rings. The second kappa shape index (κ2) is 8.59. The number of alkyl halides is 2. The maximum atomic E-state index is 12.3. The van der Waals surface area contributed by atoms with Gasteiger partial charge in [0, 0.05) is 29.8 Å². The zero-order valence-corrected chi connectivity index (χ0v) is 12.5. The summed E-state index contributed by atoms with van der Waals surface area (Å²) >= 11 is 5.81. The average molecular weight is 319 g/mol. The quantitative estimate of drug-likeness (QED) is 0.786. The van der Waals surface area contributed by atoms with Gasteiger partial charge in [0.15, 0.2) is 0 Å². The predicted molar refractivity (Wildman–Crippen MR) is 77.6 cm³/mol. The third-order valence-electron chi connectivity index (χ3n) is 2.43. The molecule has 0 radical (unpaired) electrons. The highest BCUT2D eigenvalue weighted by atomic mass is 35.5. The van der Waals surface area contributed by atoms with E-state index in [-0.39, 0.29) is 18.2 Å². The second-order valence-corrected chi connectivity index (χ2v) is 4.95. The smallest absolute Gasteiger partial charge is 0.387 e. The number of carbonyl (C=O) groups excluding carboxylic acids is 1. The Kier molecular flexibility index (Phi) is 7.11. The van der Waals surface area contributed by atoms with Gasteiger partial charge in [0.1, 0.15) is 5.75 Å². The molecule has 0 saturated heterocycles. The highest BCUT2D eigenvalue weighted by Crippen LogP contribution is 2.24. The Bertz CT molecular complexity index is 508. The number of nitrogens with one attached hydrogen (secondary N) is 1. The topological polar surface area (TPSA) is 41.6 Å². The van der Waals surface area contributed by atoms with Gasteiger partial charge in [0.05, 0.1) is 0 Å². The van der Waals surface area contributed by atoms with Crippen molar-refractivity contribution in [3.05, 3.63) is 40.9 Å². The molecule has 0 fully saturated rings. The summed E-state index contributed by atoms with van der Waals surface area (Å²) in [4.78, 5) is 13.5. The van der Waals surface area contributed by atoms with E-state index in [2.05, 4.69) is 10.1 Å². The van der Waals surface area contributed by atoms with Crippen LogP contribution in [-0.4, -0.2) is 38.1 Å². The van der Waals surface area contributed by atoms with E-state index >= 15 is 0 Å². The number of hydrogen-bond acceptors (Lipinski definition) is 3. The number of rotatable bonds is 7. The Morgan fingerprint density at radius 1 is 1.48 bits per heavy atom. The first-order valence-corrected chi connectivity index (χ1v) is 6.58. The molecule has 0 aliphatic rings. The number of hydrogen-bond donors (Lipinski definition) is 1. The Hall–Kier alpha value is -1.66. The average Bonchev–Trinajstić information content (AvgIpc) is 2.38. The van der Waals surface area contributed by atoms with Crippen molar-refractivity contribution in [3.63, 3.8) is 0 Å². The number of nitrogens with zero attached hydrogens (tertiary/aromatic N) is 1. The van der Waals surface area contributed by atoms with Crippen LogP contribution in [-0.2, 0) is 11.3 Å². The maximum Gasteiger partial charge on any atom is 0.387 e. The minimum absolute atomic E-state index is 0.00743. The molecule has 21 heavy (non-hydrogen) atoms. The van der Waals surface area contributed by atoms with Gasteiger partial charge in [0.2, 0.25) is 5.91 Å². The monoisotopic (exact) mass is 318 g/mol. The molecule has 0 spiro atoms. The summed E-state index contributed by atoms with van der Waals surface area (Å²) in [6, 6.07) is 4.27. The first kappa shape index (κ1) is 17.4. The molecule has 0 heterocycles. The fourth-order valence-corrected chi connectivity index (χ4v) is 1.70. The van der Waals surface area contributed by atoms with Crippen LogP contribution >= 0.6 is 11.6 Å². The van der Waals surface area contributed by atoms with Crippen LogP contribution in [0.4, 0.5) is 8.78 Å². The minimum atomic E-state index is -2.93. The first-order valence-electron chi connectivity index (χ1n) is 6.21. The molecular weight excluding hydrogens is 302 g/mol. The lowest BCUT2D eigenvalue weighted by atomic mass is 10.2. The highest BCUT2D eigenvalue weighted by molar-refractivity contribution is 6.30. The van der Waals surface area contributed by atoms with Gasteiger partial charge in [-0.05, 0) is 32.3 Å². The van der Waals surface area contributed by atoms with E-state index in [1.165, 1.54) is 24.3 Å². The van der Waals surface area contributed by atoms with E-state index in [0.717, 1.165) is 0 Å². The van der Waals surface area contributed by atoms with E-state index in [9.17, 15) is 13.6 Å². The zero-order valence-electron chi connectivity index (χ0n) is 11.8. The van der Waals surface area contributed by atoms with Crippen LogP contribution in [0.25, 0.3) is 0 Å². The van der Waals surface area contributed by atoms with Gasteiger partial charge in [-0.15, -0.1) is 0 Å². The highest BCUT2D eigenvalue weighted by Gasteiger charge is 2.10. The molecule has 0 unspecified atom stereocenters. The maximum absolute atomic E-state index is 12.3. The second-order valence-electron chi connectivity index (χ2n) is 4.51. The van der Waals surface area contributed by atoms with Crippen molar-refractivity contribution in [2.24, 2.45) is 0 Å². The Morgan fingerprint density at radius 2 is 2.19 bits per heavy atom. The van der Waals surface area contributed by atoms with Crippen molar-refractivity contribution in [2.45, 2.75) is 13.2 Å². The summed E-state index contributed by atoms with van der Waals surface area (Å²) in [7, 11) is 3.75. The predicted octanol–water partition coefficient (Wildman–Crippen LogP) is 2.68. The molecule has 116 valence electrons. The van der Waals surface area contributed by atoms with E-state index in [1.54, 1.807) is 6.08 Å². The fraction of sp³-hybridized carbons (Fsp3) is 0.357. The minimum Gasteiger partial charge on any atom is -0.434 e. The first-order chi connectivity index (χ1) is 9.88. The number of benzene rings is 1. The van der Waals surface area contributed by atoms with E-state index < -0.39 is 6.61 Å². The van der Waals surface area contributed by atoms with Crippen LogP contribution in [0.15, 0.2) is 30.4 Å². The number of likely N-dealkylation sites (N-methyl/N-ethyl adjacent to an activating group) is 1. The SMILES string of the molecule is CN(C)C/C=C/C(=O)NCc1cc(Cl)ccc1OC(F)F. The van der Waals surface area contributed by atoms with Crippen molar-refractivity contribution >= 4 is 17.5 Å². The summed E-state index contributed by atoms with van der Waals surface area (Å²) in [5.41, 5.74) is 0.386. The Labute approximate surface area is 127 Å². The normalized spacial score (nSPS) is 11.4. The van der Waals surface area contributed by atoms with Crippen LogP contribution in [0.2, 0.25) is 5.02 Å². The van der Waals surface area contributed by atoms with Crippen molar-refractivity contribution in [1.29, 1.82) is 0 Å². The largest absolute Gasteiger partial charge is 0.434 e. The number of halogens is 3. The third kappa shape index (κ3) is 7.06. The van der Waals surface area contributed by atoms with Crippen LogP contribution in [0.1, 0.15) is 5.56 Å². The lowest BCUT2D eigenvalue weighted by Crippen LogP contribution is -2.21. The molecule has 0 aliphatic carbocycles. The molecule has 4 nitrogen and oxygen atoms in total. The molecule has 7 heteroatoms. The number of carbonyl (C=O) groups is 1. The molecule has 0 aliphatic heterocycles. The van der Waals surface area contributed by atoms with E-state index in [0.29, 0.717) is 17.1 Å². The Morgan fingerprint density at radius 3 is 2.81 bits per heavy atom. The summed E-state index contributed by atoms with van der Waals surface area (Å²) in [6.45, 7) is -2.25. The lowest BCUT2D eigenvalue weighted by molar-refractivity contribution is -0.116. The van der Waals surface area contributed by atoms with Crippen molar-refractivity contribution in [3.8, 4) is 5.75 Å². The molecule has 0 atom stereocenters.